The molecule has 0 saturated heterocycles. The molecule has 0 bridgehead atoms. The van der Waals surface area contributed by atoms with Crippen molar-refractivity contribution < 1.29 is 14.3 Å². The van der Waals surface area contributed by atoms with Crippen LogP contribution in [0, 0.1) is 0 Å². The first kappa shape index (κ1) is 19.1. The minimum Gasteiger partial charge on any atom is -0.465 e. The molecule has 0 atom stereocenters. The summed E-state index contributed by atoms with van der Waals surface area (Å²) < 4.78 is 4.74. The molecule has 0 unspecified atom stereocenters. The number of methoxy groups -OCH3 is 1. The van der Waals surface area contributed by atoms with E-state index in [4.69, 9.17) is 4.74 Å². The highest BCUT2D eigenvalue weighted by molar-refractivity contribution is 6.03. The Morgan fingerprint density at radius 3 is 2.57 bits per heavy atom. The molecule has 1 heterocycles. The van der Waals surface area contributed by atoms with Crippen LogP contribution in [0.25, 0.3) is 0 Å². The minimum atomic E-state index is -0.409. The standard InChI is InChI=1S/C22H21N3O3/c1-3-15-7-4-5-10-19(15)25-21(26)20-14-18(11-12-23-20)24-17-9-6-8-16(13-17)22(27)28-2/h4-14H,3H2,1-2H3,(H,23,24)(H,25,26). The number of hydrogen-bond acceptors (Lipinski definition) is 5. The van der Waals surface area contributed by atoms with E-state index in [1.54, 1.807) is 36.5 Å². The SMILES string of the molecule is CCc1ccccc1NC(=O)c1cc(Nc2cccc(C(=O)OC)c2)ccn1. The summed E-state index contributed by atoms with van der Waals surface area (Å²) in [5.74, 6) is -0.694. The molecule has 28 heavy (non-hydrogen) atoms. The molecule has 0 saturated carbocycles. The van der Waals surface area contributed by atoms with Crippen LogP contribution in [-0.2, 0) is 11.2 Å². The van der Waals surface area contributed by atoms with Crippen LogP contribution in [0.2, 0.25) is 0 Å². The van der Waals surface area contributed by atoms with Gasteiger partial charge in [0.1, 0.15) is 5.69 Å². The lowest BCUT2D eigenvalue weighted by Crippen LogP contribution is -2.15. The number of nitrogens with zero attached hydrogens (tertiary/aromatic N) is 1. The largest absolute Gasteiger partial charge is 0.465 e. The highest BCUT2D eigenvalue weighted by atomic mass is 16.5. The number of ether oxygens (including phenoxy) is 1. The molecule has 0 radical (unpaired) electrons. The van der Waals surface area contributed by atoms with Gasteiger partial charge in [-0.2, -0.15) is 0 Å². The molecule has 142 valence electrons. The summed E-state index contributed by atoms with van der Waals surface area (Å²) in [6.07, 6.45) is 2.38. The Kier molecular flexibility index (Phi) is 6.01. The van der Waals surface area contributed by atoms with E-state index in [-0.39, 0.29) is 5.91 Å². The van der Waals surface area contributed by atoms with Crippen LogP contribution in [0.5, 0.6) is 0 Å². The summed E-state index contributed by atoms with van der Waals surface area (Å²) in [7, 11) is 1.34. The lowest BCUT2D eigenvalue weighted by molar-refractivity contribution is 0.0600. The zero-order chi connectivity index (χ0) is 19.9. The molecular weight excluding hydrogens is 354 g/mol. The average molecular weight is 375 g/mol. The van der Waals surface area contributed by atoms with E-state index < -0.39 is 5.97 Å². The summed E-state index contributed by atoms with van der Waals surface area (Å²) >= 11 is 0. The molecule has 0 aliphatic heterocycles. The second kappa shape index (κ2) is 8.81. The summed E-state index contributed by atoms with van der Waals surface area (Å²) in [5, 5.41) is 6.09. The van der Waals surface area contributed by atoms with Gasteiger partial charge in [0.05, 0.1) is 12.7 Å². The average Bonchev–Trinajstić information content (AvgIpc) is 2.74. The van der Waals surface area contributed by atoms with Crippen LogP contribution >= 0.6 is 0 Å². The molecule has 0 fully saturated rings. The van der Waals surface area contributed by atoms with Gasteiger partial charge in [-0.3, -0.25) is 9.78 Å². The lowest BCUT2D eigenvalue weighted by Gasteiger charge is -2.11. The van der Waals surface area contributed by atoms with Crippen LogP contribution in [0.3, 0.4) is 0 Å². The van der Waals surface area contributed by atoms with Crippen molar-refractivity contribution in [2.24, 2.45) is 0 Å². The first-order chi connectivity index (χ1) is 13.6. The third-order valence-electron chi connectivity index (χ3n) is 4.21. The number of hydrogen-bond donors (Lipinski definition) is 2. The highest BCUT2D eigenvalue weighted by Crippen LogP contribution is 2.20. The van der Waals surface area contributed by atoms with Crippen molar-refractivity contribution >= 4 is 28.9 Å². The molecule has 2 aromatic carbocycles. The number of nitrogens with one attached hydrogen (secondary N) is 2. The molecule has 0 spiro atoms. The maximum absolute atomic E-state index is 12.6. The van der Waals surface area contributed by atoms with E-state index in [2.05, 4.69) is 15.6 Å². The molecular formula is C22H21N3O3. The van der Waals surface area contributed by atoms with Gasteiger partial charge in [0.15, 0.2) is 0 Å². The number of anilines is 3. The van der Waals surface area contributed by atoms with Crippen LogP contribution in [-0.4, -0.2) is 24.0 Å². The number of carbonyl (C=O) groups is 2. The van der Waals surface area contributed by atoms with Gasteiger partial charge in [-0.25, -0.2) is 4.79 Å². The lowest BCUT2D eigenvalue weighted by atomic mass is 10.1. The van der Waals surface area contributed by atoms with Gasteiger partial charge in [-0.15, -0.1) is 0 Å². The Bertz CT molecular complexity index is 1000. The third kappa shape index (κ3) is 4.54. The first-order valence-corrected chi connectivity index (χ1v) is 8.91. The fraction of sp³-hybridized carbons (Fsp3) is 0.136. The second-order valence-electron chi connectivity index (χ2n) is 6.09. The Morgan fingerprint density at radius 2 is 1.79 bits per heavy atom. The normalized spacial score (nSPS) is 10.2. The van der Waals surface area contributed by atoms with E-state index in [0.29, 0.717) is 22.6 Å². The number of pyridine rings is 1. The molecule has 2 N–H and O–H groups in total. The quantitative estimate of drug-likeness (QED) is 0.623. The van der Waals surface area contributed by atoms with Crippen molar-refractivity contribution in [3.63, 3.8) is 0 Å². The molecule has 3 aromatic rings. The van der Waals surface area contributed by atoms with E-state index in [1.807, 2.05) is 37.3 Å². The van der Waals surface area contributed by atoms with Crippen LogP contribution in [0.4, 0.5) is 17.1 Å². The number of amides is 1. The molecule has 3 rings (SSSR count). The molecule has 1 aromatic heterocycles. The zero-order valence-corrected chi connectivity index (χ0v) is 15.7. The van der Waals surface area contributed by atoms with Crippen LogP contribution < -0.4 is 10.6 Å². The van der Waals surface area contributed by atoms with Crippen molar-refractivity contribution in [1.82, 2.24) is 4.98 Å². The molecule has 0 aliphatic rings. The highest BCUT2D eigenvalue weighted by Gasteiger charge is 2.11. The monoisotopic (exact) mass is 375 g/mol. The second-order valence-corrected chi connectivity index (χ2v) is 6.09. The van der Waals surface area contributed by atoms with Gasteiger partial charge in [-0.05, 0) is 48.4 Å². The Labute approximate surface area is 163 Å². The van der Waals surface area contributed by atoms with Crippen molar-refractivity contribution in [3.05, 3.63) is 83.7 Å². The Balaban J connectivity index is 1.77. The number of aryl methyl sites for hydroxylation is 1. The van der Waals surface area contributed by atoms with Gasteiger partial charge in [0.25, 0.3) is 5.91 Å². The molecule has 0 aliphatic carbocycles. The molecule has 6 nitrogen and oxygen atoms in total. The van der Waals surface area contributed by atoms with Crippen LogP contribution in [0.15, 0.2) is 66.9 Å². The minimum absolute atomic E-state index is 0.284. The Morgan fingerprint density at radius 1 is 1.00 bits per heavy atom. The zero-order valence-electron chi connectivity index (χ0n) is 15.7. The first-order valence-electron chi connectivity index (χ1n) is 8.91. The van der Waals surface area contributed by atoms with Crippen molar-refractivity contribution in [3.8, 4) is 0 Å². The predicted molar refractivity (Wildman–Crippen MR) is 109 cm³/mol. The number of benzene rings is 2. The maximum Gasteiger partial charge on any atom is 0.337 e. The fourth-order valence-electron chi connectivity index (χ4n) is 2.78. The van der Waals surface area contributed by atoms with E-state index in [9.17, 15) is 9.59 Å². The van der Waals surface area contributed by atoms with E-state index in [0.717, 1.165) is 17.7 Å². The topological polar surface area (TPSA) is 80.3 Å². The van der Waals surface area contributed by atoms with Gasteiger partial charge < -0.3 is 15.4 Å². The third-order valence-corrected chi connectivity index (χ3v) is 4.21. The Hall–Kier alpha value is -3.67. The molecule has 1 amide bonds. The van der Waals surface area contributed by atoms with Gasteiger partial charge in [0, 0.05) is 23.3 Å². The van der Waals surface area contributed by atoms with E-state index in [1.165, 1.54) is 7.11 Å². The summed E-state index contributed by atoms with van der Waals surface area (Å²) in [6.45, 7) is 2.04. The van der Waals surface area contributed by atoms with Crippen LogP contribution in [0.1, 0.15) is 33.3 Å². The van der Waals surface area contributed by atoms with Gasteiger partial charge in [0.2, 0.25) is 0 Å². The maximum atomic E-state index is 12.6. The summed E-state index contributed by atoms with van der Waals surface area (Å²) in [4.78, 5) is 28.4. The number of carbonyl (C=O) groups excluding carboxylic acids is 2. The number of aromatic nitrogens is 1. The molecule has 6 heteroatoms. The van der Waals surface area contributed by atoms with Crippen molar-refractivity contribution in [1.29, 1.82) is 0 Å². The number of para-hydroxylation sites is 1. The van der Waals surface area contributed by atoms with Gasteiger partial charge >= 0.3 is 5.97 Å². The van der Waals surface area contributed by atoms with Crippen molar-refractivity contribution in [2.45, 2.75) is 13.3 Å². The summed E-state index contributed by atoms with van der Waals surface area (Å²) in [5.41, 5.74) is 3.96. The predicted octanol–water partition coefficient (Wildman–Crippen LogP) is 4.43. The fourth-order valence-corrected chi connectivity index (χ4v) is 2.78. The van der Waals surface area contributed by atoms with E-state index >= 15 is 0 Å². The smallest absolute Gasteiger partial charge is 0.337 e. The number of esters is 1. The van der Waals surface area contributed by atoms with Crippen molar-refractivity contribution in [2.75, 3.05) is 17.7 Å². The van der Waals surface area contributed by atoms with Gasteiger partial charge in [-0.1, -0.05) is 31.2 Å². The number of rotatable bonds is 6. The summed E-state index contributed by atoms with van der Waals surface area (Å²) in [6, 6.07) is 18.0.